The molecule has 3 heterocycles. The van der Waals surface area contributed by atoms with E-state index in [-0.39, 0.29) is 0 Å². The molecule has 0 unspecified atom stereocenters. The van der Waals surface area contributed by atoms with Crippen molar-refractivity contribution in [3.8, 4) is 39.3 Å². The van der Waals surface area contributed by atoms with Gasteiger partial charge in [-0.3, -0.25) is 4.57 Å². The first-order valence-electron chi connectivity index (χ1n) is 17.2. The first kappa shape index (κ1) is 29.4. The summed E-state index contributed by atoms with van der Waals surface area (Å²) in [6.45, 7) is 0. The van der Waals surface area contributed by atoms with Crippen LogP contribution in [0, 0.1) is 0 Å². The van der Waals surface area contributed by atoms with Gasteiger partial charge in [-0.2, -0.15) is 0 Å². The van der Waals surface area contributed by atoms with Gasteiger partial charge in [0.25, 0.3) is 0 Å². The molecule has 0 saturated heterocycles. The lowest BCUT2D eigenvalue weighted by Crippen LogP contribution is -2.26. The fourth-order valence-electron chi connectivity index (χ4n) is 7.33. The van der Waals surface area contributed by atoms with Gasteiger partial charge in [-0.05, 0) is 70.8 Å². The highest BCUT2D eigenvalue weighted by Gasteiger charge is 2.17. The van der Waals surface area contributed by atoms with Crippen LogP contribution in [0.15, 0.2) is 186 Å². The van der Waals surface area contributed by atoms with E-state index in [1.54, 1.807) is 0 Å². The summed E-state index contributed by atoms with van der Waals surface area (Å²) in [4.78, 5) is 5.41. The quantitative estimate of drug-likeness (QED) is 0.165. The number of hydrogen-bond acceptors (Lipinski definition) is 2. The minimum atomic E-state index is 0.577. The van der Waals surface area contributed by atoms with Gasteiger partial charge in [-0.15, -0.1) is 0 Å². The molecule has 10 rings (SSSR count). The van der Waals surface area contributed by atoms with E-state index in [1.165, 1.54) is 26.7 Å². The molecule has 3 aromatic heterocycles. The van der Waals surface area contributed by atoms with Crippen LogP contribution in [0.2, 0.25) is 0 Å². The number of fused-ring (bicyclic) bond motifs is 6. The van der Waals surface area contributed by atoms with Gasteiger partial charge >= 0.3 is 0 Å². The highest BCUT2D eigenvalue weighted by molar-refractivity contribution is 6.67. The normalized spacial score (nSPS) is 11.6. The Morgan fingerprint density at radius 2 is 1.04 bits per heavy atom. The molecule has 0 aliphatic heterocycles. The Labute approximate surface area is 297 Å². The largest absolute Gasteiger partial charge is 0.456 e. The second-order valence-corrected chi connectivity index (χ2v) is 14.3. The van der Waals surface area contributed by atoms with Crippen molar-refractivity contribution < 1.29 is 4.42 Å². The maximum absolute atomic E-state index is 6.13. The summed E-state index contributed by atoms with van der Waals surface area (Å²) in [5, 5.41) is 7.28. The molecule has 0 N–H and O–H groups in total. The van der Waals surface area contributed by atoms with Gasteiger partial charge in [-0.1, -0.05) is 144 Å². The second-order valence-electron chi connectivity index (χ2n) is 12.9. The summed E-state index contributed by atoms with van der Waals surface area (Å²) >= 11 is 0. The van der Waals surface area contributed by atoms with Crippen molar-refractivity contribution >= 4 is 63.6 Å². The summed E-state index contributed by atoms with van der Waals surface area (Å²) in [7, 11) is 0.577. The molecule has 0 atom stereocenters. The van der Waals surface area contributed by atoms with Gasteiger partial charge < -0.3 is 4.42 Å². The molecular formula is C47H30N2OSi. The summed E-state index contributed by atoms with van der Waals surface area (Å²) in [5.74, 6) is 0.896. The maximum atomic E-state index is 6.13. The monoisotopic (exact) mass is 666 g/mol. The lowest BCUT2D eigenvalue weighted by molar-refractivity contribution is 0.669. The molecule has 0 bridgehead atoms. The van der Waals surface area contributed by atoms with Gasteiger partial charge in [0.1, 0.15) is 26.5 Å². The van der Waals surface area contributed by atoms with Crippen LogP contribution in [0.5, 0.6) is 0 Å². The van der Waals surface area contributed by atoms with Gasteiger partial charge in [-0.25, -0.2) is 4.98 Å². The van der Waals surface area contributed by atoms with Crippen LogP contribution in [-0.2, 0) is 0 Å². The van der Waals surface area contributed by atoms with Crippen LogP contribution >= 0.6 is 0 Å². The van der Waals surface area contributed by atoms with Gasteiger partial charge in [0, 0.05) is 27.1 Å². The summed E-state index contributed by atoms with van der Waals surface area (Å²) in [6.07, 6.45) is 0. The molecule has 51 heavy (non-hydrogen) atoms. The summed E-state index contributed by atoms with van der Waals surface area (Å²) in [6, 6.07) is 64.8. The van der Waals surface area contributed by atoms with E-state index in [4.69, 9.17) is 9.40 Å². The topological polar surface area (TPSA) is 31.0 Å². The molecule has 0 spiro atoms. The molecule has 238 valence electrons. The number of furan rings is 1. The van der Waals surface area contributed by atoms with Gasteiger partial charge in [0.15, 0.2) is 0 Å². The number of aromatic nitrogens is 2. The third kappa shape index (κ3) is 5.25. The highest BCUT2D eigenvalue weighted by atomic mass is 28.2. The SMILES string of the molecule is c1ccc([Si]c2cccc(-c3cc(-c4ccccc4)cc(-n4c5ccccc5c5cc(-c6ccc7oc8ccccc8c7c6)ccc54)n3)c2)cc1. The van der Waals surface area contributed by atoms with E-state index < -0.39 is 0 Å². The van der Waals surface area contributed by atoms with Crippen LogP contribution in [0.3, 0.4) is 0 Å². The van der Waals surface area contributed by atoms with Crippen LogP contribution in [0.4, 0.5) is 0 Å². The number of para-hydroxylation sites is 2. The van der Waals surface area contributed by atoms with Crippen molar-refractivity contribution in [3.05, 3.63) is 182 Å². The Morgan fingerprint density at radius 3 is 1.90 bits per heavy atom. The first-order chi connectivity index (χ1) is 25.2. The highest BCUT2D eigenvalue weighted by Crippen LogP contribution is 2.38. The number of pyridine rings is 1. The lowest BCUT2D eigenvalue weighted by atomic mass is 10.0. The third-order valence-electron chi connectivity index (χ3n) is 9.75. The predicted molar refractivity (Wildman–Crippen MR) is 214 cm³/mol. The molecule has 0 amide bonds. The van der Waals surface area contributed by atoms with Crippen molar-refractivity contribution in [2.24, 2.45) is 0 Å². The standard InChI is InChI=1S/C47H30N2OSi/c1-3-12-31(13-4-1)35-29-42(34-14-11-17-37(26-34)51-36-15-5-2-6-16-36)48-47(30-35)49-43-20-9-7-18-38(43)40-27-32(22-24-44(40)49)33-23-25-46-41(28-33)39-19-8-10-21-45(39)50-46/h1-30H. The molecule has 10 aromatic rings. The average Bonchev–Trinajstić information content (AvgIpc) is 3.74. The van der Waals surface area contributed by atoms with E-state index in [9.17, 15) is 0 Å². The average molecular weight is 667 g/mol. The predicted octanol–water partition coefficient (Wildman–Crippen LogP) is 10.7. The van der Waals surface area contributed by atoms with Crippen molar-refractivity contribution in [2.45, 2.75) is 0 Å². The molecular weight excluding hydrogens is 637 g/mol. The van der Waals surface area contributed by atoms with Crippen molar-refractivity contribution in [3.63, 3.8) is 0 Å². The summed E-state index contributed by atoms with van der Waals surface area (Å²) < 4.78 is 8.46. The number of benzene rings is 7. The van der Waals surface area contributed by atoms with Gasteiger partial charge in [0.05, 0.1) is 16.7 Å². The molecule has 0 fully saturated rings. The zero-order chi connectivity index (χ0) is 33.7. The number of rotatable bonds is 6. The zero-order valence-electron chi connectivity index (χ0n) is 27.6. The smallest absolute Gasteiger partial charge is 0.138 e. The molecule has 7 aromatic carbocycles. The second kappa shape index (κ2) is 12.1. The van der Waals surface area contributed by atoms with E-state index in [0.717, 1.165) is 66.7 Å². The molecule has 2 radical (unpaired) electrons. The Kier molecular flexibility index (Phi) is 7.00. The van der Waals surface area contributed by atoms with Crippen LogP contribution in [-0.4, -0.2) is 19.1 Å². The van der Waals surface area contributed by atoms with Crippen molar-refractivity contribution in [1.82, 2.24) is 9.55 Å². The van der Waals surface area contributed by atoms with Crippen LogP contribution in [0.1, 0.15) is 0 Å². The van der Waals surface area contributed by atoms with Crippen LogP contribution in [0.25, 0.3) is 83.1 Å². The minimum Gasteiger partial charge on any atom is -0.456 e. The molecule has 0 aliphatic rings. The fraction of sp³-hybridized carbons (Fsp3) is 0. The Bertz CT molecular complexity index is 2890. The van der Waals surface area contributed by atoms with E-state index in [0.29, 0.717) is 9.52 Å². The Balaban J connectivity index is 1.14. The Morgan fingerprint density at radius 1 is 0.392 bits per heavy atom. The van der Waals surface area contributed by atoms with Crippen molar-refractivity contribution in [2.75, 3.05) is 0 Å². The van der Waals surface area contributed by atoms with Crippen LogP contribution < -0.4 is 10.4 Å². The molecule has 3 nitrogen and oxygen atoms in total. The minimum absolute atomic E-state index is 0.577. The molecule has 0 saturated carbocycles. The van der Waals surface area contributed by atoms with Crippen molar-refractivity contribution in [1.29, 1.82) is 0 Å². The fourth-order valence-corrected chi connectivity index (χ4v) is 8.42. The lowest BCUT2D eigenvalue weighted by Gasteiger charge is -2.13. The summed E-state index contributed by atoms with van der Waals surface area (Å²) in [5.41, 5.74) is 10.8. The van der Waals surface area contributed by atoms with E-state index in [2.05, 4.69) is 174 Å². The van der Waals surface area contributed by atoms with E-state index >= 15 is 0 Å². The number of hydrogen-bond donors (Lipinski definition) is 0. The molecule has 0 aliphatic carbocycles. The van der Waals surface area contributed by atoms with Gasteiger partial charge in [0.2, 0.25) is 0 Å². The van der Waals surface area contributed by atoms with E-state index in [1.807, 2.05) is 12.1 Å². The number of nitrogens with zero attached hydrogens (tertiary/aromatic N) is 2. The zero-order valence-corrected chi connectivity index (χ0v) is 28.6. The molecule has 4 heteroatoms. The third-order valence-corrected chi connectivity index (χ3v) is 11.0. The maximum Gasteiger partial charge on any atom is 0.138 e. The first-order valence-corrected chi connectivity index (χ1v) is 18.2. The Hall–Kier alpha value is -6.49.